The molecule has 1 amide bonds. The first-order valence-corrected chi connectivity index (χ1v) is 7.13. The Kier molecular flexibility index (Phi) is 4.69. The normalized spacial score (nSPS) is 13.2. The van der Waals surface area contributed by atoms with Crippen LogP contribution < -0.4 is 5.73 Å². The third kappa shape index (κ3) is 3.30. The van der Waals surface area contributed by atoms with Gasteiger partial charge in [0, 0.05) is 0 Å². The number of nitrogens with two attached hydrogens (primary N) is 1. The number of benzene rings is 1. The number of sulfone groups is 1. The van der Waals surface area contributed by atoms with E-state index in [1.54, 1.807) is 18.2 Å². The van der Waals surface area contributed by atoms with Gasteiger partial charge in [-0.25, -0.2) is 8.42 Å². The Labute approximate surface area is 102 Å². The third-order valence-electron chi connectivity index (χ3n) is 2.58. The number of carbonyl (C=O) groups is 1. The highest BCUT2D eigenvalue weighted by atomic mass is 32.2. The molecule has 0 aliphatic rings. The van der Waals surface area contributed by atoms with Gasteiger partial charge in [-0.15, -0.1) is 0 Å². The molecule has 1 aromatic carbocycles. The first-order valence-electron chi connectivity index (χ1n) is 5.58. The summed E-state index contributed by atoms with van der Waals surface area (Å²) >= 11 is 0. The Morgan fingerprint density at radius 3 is 2.35 bits per heavy atom. The molecular formula is C12H17NO3S. The lowest BCUT2D eigenvalue weighted by Gasteiger charge is -2.13. The summed E-state index contributed by atoms with van der Waals surface area (Å²) in [5, 5.41) is -1.12. The van der Waals surface area contributed by atoms with Crippen LogP contribution in [0.3, 0.4) is 0 Å². The van der Waals surface area contributed by atoms with E-state index in [1.807, 2.05) is 6.92 Å². The Balaban J connectivity index is 3.05. The standard InChI is InChI=1S/C12H17NO3S/c1-2-3-9-11(12(13)14)17(15,16)10-7-5-4-6-8-10/h4-8,11H,2-3,9H2,1H3,(H2,13,14). The first kappa shape index (κ1) is 13.7. The van der Waals surface area contributed by atoms with Crippen molar-refractivity contribution in [3.8, 4) is 0 Å². The molecule has 0 heterocycles. The fraction of sp³-hybridized carbons (Fsp3) is 0.417. The third-order valence-corrected chi connectivity index (χ3v) is 4.73. The Hall–Kier alpha value is -1.36. The van der Waals surface area contributed by atoms with Gasteiger partial charge in [0.2, 0.25) is 5.91 Å². The SMILES string of the molecule is CCCCC(C(N)=O)S(=O)(=O)c1ccccc1. The van der Waals surface area contributed by atoms with Crippen LogP contribution in [0.15, 0.2) is 35.2 Å². The number of amides is 1. The minimum atomic E-state index is -3.65. The fourth-order valence-corrected chi connectivity index (χ4v) is 3.26. The van der Waals surface area contributed by atoms with Gasteiger partial charge in [-0.05, 0) is 18.6 Å². The van der Waals surface area contributed by atoms with Crippen LogP contribution in [0.4, 0.5) is 0 Å². The van der Waals surface area contributed by atoms with Crippen LogP contribution >= 0.6 is 0 Å². The van der Waals surface area contributed by atoms with Crippen molar-refractivity contribution >= 4 is 15.7 Å². The van der Waals surface area contributed by atoms with E-state index in [-0.39, 0.29) is 11.3 Å². The van der Waals surface area contributed by atoms with Gasteiger partial charge in [-0.1, -0.05) is 38.0 Å². The van der Waals surface area contributed by atoms with Crippen molar-refractivity contribution in [3.05, 3.63) is 30.3 Å². The summed E-state index contributed by atoms with van der Waals surface area (Å²) in [7, 11) is -3.65. The summed E-state index contributed by atoms with van der Waals surface area (Å²) in [4.78, 5) is 11.4. The molecule has 0 saturated heterocycles. The molecule has 0 bridgehead atoms. The molecule has 1 aromatic rings. The minimum Gasteiger partial charge on any atom is -0.369 e. The van der Waals surface area contributed by atoms with Crippen molar-refractivity contribution in [2.24, 2.45) is 5.73 Å². The predicted molar refractivity (Wildman–Crippen MR) is 66.1 cm³/mol. The lowest BCUT2D eigenvalue weighted by Crippen LogP contribution is -2.35. The molecule has 0 aliphatic heterocycles. The molecule has 0 saturated carbocycles. The van der Waals surface area contributed by atoms with Crippen molar-refractivity contribution in [3.63, 3.8) is 0 Å². The van der Waals surface area contributed by atoms with Gasteiger partial charge < -0.3 is 5.73 Å². The maximum atomic E-state index is 12.2. The lowest BCUT2D eigenvalue weighted by molar-refractivity contribution is -0.117. The molecule has 94 valence electrons. The van der Waals surface area contributed by atoms with Gasteiger partial charge in [0.25, 0.3) is 0 Å². The highest BCUT2D eigenvalue weighted by molar-refractivity contribution is 7.92. The summed E-state index contributed by atoms with van der Waals surface area (Å²) in [6, 6.07) is 7.95. The van der Waals surface area contributed by atoms with Crippen molar-refractivity contribution in [1.29, 1.82) is 0 Å². The van der Waals surface area contributed by atoms with E-state index in [9.17, 15) is 13.2 Å². The number of unbranched alkanes of at least 4 members (excludes halogenated alkanes) is 1. The first-order chi connectivity index (χ1) is 8.00. The summed E-state index contributed by atoms with van der Waals surface area (Å²) in [6.45, 7) is 1.94. The van der Waals surface area contributed by atoms with E-state index in [1.165, 1.54) is 12.1 Å². The van der Waals surface area contributed by atoms with E-state index in [2.05, 4.69) is 0 Å². The fourth-order valence-electron chi connectivity index (χ4n) is 1.61. The van der Waals surface area contributed by atoms with E-state index < -0.39 is 21.0 Å². The summed E-state index contributed by atoms with van der Waals surface area (Å²) in [6.07, 6.45) is 1.77. The molecule has 1 rings (SSSR count). The highest BCUT2D eigenvalue weighted by Gasteiger charge is 2.31. The molecule has 0 aliphatic carbocycles. The molecule has 1 unspecified atom stereocenters. The van der Waals surface area contributed by atoms with Crippen molar-refractivity contribution in [2.75, 3.05) is 0 Å². The van der Waals surface area contributed by atoms with Crippen LogP contribution in [-0.4, -0.2) is 19.6 Å². The Morgan fingerprint density at radius 1 is 1.29 bits per heavy atom. The Bertz CT molecular complexity index is 468. The van der Waals surface area contributed by atoms with Crippen LogP contribution in [0.5, 0.6) is 0 Å². The zero-order valence-corrected chi connectivity index (χ0v) is 10.6. The second kappa shape index (κ2) is 5.82. The zero-order valence-electron chi connectivity index (χ0n) is 9.80. The predicted octanol–water partition coefficient (Wildman–Crippen LogP) is 1.50. The van der Waals surface area contributed by atoms with E-state index in [4.69, 9.17) is 5.73 Å². The number of hydrogen-bond acceptors (Lipinski definition) is 3. The van der Waals surface area contributed by atoms with Crippen LogP contribution in [-0.2, 0) is 14.6 Å². The van der Waals surface area contributed by atoms with Crippen molar-refractivity contribution in [1.82, 2.24) is 0 Å². The average molecular weight is 255 g/mol. The molecule has 2 N–H and O–H groups in total. The van der Waals surface area contributed by atoms with E-state index in [0.717, 1.165) is 6.42 Å². The van der Waals surface area contributed by atoms with Gasteiger partial charge in [-0.2, -0.15) is 0 Å². The van der Waals surface area contributed by atoms with Crippen LogP contribution in [0.25, 0.3) is 0 Å². The molecule has 0 fully saturated rings. The zero-order chi connectivity index (χ0) is 12.9. The molecule has 0 spiro atoms. The van der Waals surface area contributed by atoms with Crippen molar-refractivity contribution in [2.45, 2.75) is 36.3 Å². The summed E-state index contributed by atoms with van der Waals surface area (Å²) < 4.78 is 24.4. The topological polar surface area (TPSA) is 77.2 Å². The molecule has 5 heteroatoms. The molecule has 0 aromatic heterocycles. The number of rotatable bonds is 6. The average Bonchev–Trinajstić information content (AvgIpc) is 2.30. The molecule has 0 radical (unpaired) electrons. The quantitative estimate of drug-likeness (QED) is 0.836. The summed E-state index contributed by atoms with van der Waals surface area (Å²) in [5.74, 6) is -0.776. The number of hydrogen-bond donors (Lipinski definition) is 1. The van der Waals surface area contributed by atoms with Crippen LogP contribution in [0.1, 0.15) is 26.2 Å². The van der Waals surface area contributed by atoms with E-state index in [0.29, 0.717) is 6.42 Å². The van der Waals surface area contributed by atoms with Gasteiger partial charge in [-0.3, -0.25) is 4.79 Å². The van der Waals surface area contributed by atoms with Crippen LogP contribution in [0.2, 0.25) is 0 Å². The van der Waals surface area contributed by atoms with Gasteiger partial charge in [0.15, 0.2) is 9.84 Å². The van der Waals surface area contributed by atoms with Gasteiger partial charge in [0.1, 0.15) is 5.25 Å². The van der Waals surface area contributed by atoms with Gasteiger partial charge >= 0.3 is 0 Å². The molecule has 1 atom stereocenters. The van der Waals surface area contributed by atoms with Gasteiger partial charge in [0.05, 0.1) is 4.90 Å². The maximum absolute atomic E-state index is 12.2. The Morgan fingerprint density at radius 2 is 1.88 bits per heavy atom. The number of primary amides is 1. The molecule has 4 nitrogen and oxygen atoms in total. The minimum absolute atomic E-state index is 0.153. The molecular weight excluding hydrogens is 238 g/mol. The van der Waals surface area contributed by atoms with Crippen molar-refractivity contribution < 1.29 is 13.2 Å². The largest absolute Gasteiger partial charge is 0.369 e. The second-order valence-electron chi connectivity index (χ2n) is 3.89. The molecule has 17 heavy (non-hydrogen) atoms. The van der Waals surface area contributed by atoms with E-state index >= 15 is 0 Å². The number of carbonyl (C=O) groups excluding carboxylic acids is 1. The second-order valence-corrected chi connectivity index (χ2v) is 6.02. The highest BCUT2D eigenvalue weighted by Crippen LogP contribution is 2.19. The lowest BCUT2D eigenvalue weighted by atomic mass is 10.2. The smallest absolute Gasteiger partial charge is 0.236 e. The van der Waals surface area contributed by atoms with Crippen LogP contribution in [0, 0.1) is 0 Å². The monoisotopic (exact) mass is 255 g/mol. The maximum Gasteiger partial charge on any atom is 0.236 e. The summed E-state index contributed by atoms with van der Waals surface area (Å²) in [5.41, 5.74) is 5.18.